The zero-order valence-electron chi connectivity index (χ0n) is 17.8. The van der Waals surface area contributed by atoms with Crippen LogP contribution in [0, 0.1) is 22.7 Å². The van der Waals surface area contributed by atoms with Crippen molar-refractivity contribution in [2.45, 2.75) is 45.2 Å². The Morgan fingerprint density at radius 2 is 2.13 bits per heavy atom. The van der Waals surface area contributed by atoms with Gasteiger partial charge in [0.05, 0.1) is 17.0 Å². The van der Waals surface area contributed by atoms with E-state index in [1.54, 1.807) is 16.0 Å². The molecule has 2 heterocycles. The highest BCUT2D eigenvalue weighted by molar-refractivity contribution is 7.99. The predicted molar refractivity (Wildman–Crippen MR) is 123 cm³/mol. The molecule has 0 saturated heterocycles. The molecule has 2 aromatic heterocycles. The lowest BCUT2D eigenvalue weighted by atomic mass is 9.72. The molecule has 1 atom stereocenters. The zero-order valence-corrected chi connectivity index (χ0v) is 19.4. The number of thiophene rings is 1. The molecule has 0 bridgehead atoms. The Kier molecular flexibility index (Phi) is 6.12. The Morgan fingerprint density at radius 3 is 2.84 bits per heavy atom. The van der Waals surface area contributed by atoms with E-state index in [1.807, 2.05) is 30.3 Å². The van der Waals surface area contributed by atoms with Crippen LogP contribution in [-0.2, 0) is 17.6 Å². The molecule has 3 aromatic rings. The average Bonchev–Trinajstić information content (AvgIpc) is 3.35. The number of nitriles is 1. The lowest BCUT2D eigenvalue weighted by Crippen LogP contribution is -2.26. The predicted octanol–water partition coefficient (Wildman–Crippen LogP) is 4.48. The van der Waals surface area contributed by atoms with Crippen molar-refractivity contribution >= 4 is 34.0 Å². The third-order valence-corrected chi connectivity index (χ3v) is 7.72. The lowest BCUT2D eigenvalue weighted by Gasteiger charge is -2.33. The van der Waals surface area contributed by atoms with E-state index in [4.69, 9.17) is 0 Å². The number of benzene rings is 1. The van der Waals surface area contributed by atoms with Crippen LogP contribution in [0.3, 0.4) is 0 Å². The first-order valence-corrected chi connectivity index (χ1v) is 12.0. The topological polar surface area (TPSA) is 96.5 Å². The summed E-state index contributed by atoms with van der Waals surface area (Å²) in [5.74, 6) is 0.571. The number of carbonyl (C=O) groups excluding carboxylic acids is 1. The molecule has 0 spiro atoms. The van der Waals surface area contributed by atoms with E-state index >= 15 is 0 Å². The maximum absolute atomic E-state index is 12.6. The summed E-state index contributed by atoms with van der Waals surface area (Å²) in [6.07, 6.45) is 2.94. The SMILES string of the molecule is CC(C)(C)[C@H]1CCc2c(sc(NC(=O)CSc3nnnn3-c3ccccc3)c2C#N)C1. The first kappa shape index (κ1) is 21.5. The number of nitrogens with one attached hydrogen (secondary N) is 1. The minimum Gasteiger partial charge on any atom is -0.316 e. The number of thioether (sulfide) groups is 1. The fraction of sp³-hybridized carbons (Fsp3) is 0.409. The van der Waals surface area contributed by atoms with Crippen LogP contribution in [0.25, 0.3) is 5.69 Å². The van der Waals surface area contributed by atoms with Crippen LogP contribution in [0.1, 0.15) is 43.2 Å². The molecule has 7 nitrogen and oxygen atoms in total. The molecule has 0 aliphatic heterocycles. The molecule has 1 amide bonds. The number of nitrogens with zero attached hydrogens (tertiary/aromatic N) is 5. The third kappa shape index (κ3) is 4.65. The maximum atomic E-state index is 12.6. The van der Waals surface area contributed by atoms with Crippen molar-refractivity contribution in [3.05, 3.63) is 46.3 Å². The van der Waals surface area contributed by atoms with E-state index in [1.165, 1.54) is 16.6 Å². The smallest absolute Gasteiger partial charge is 0.235 e. The summed E-state index contributed by atoms with van der Waals surface area (Å²) in [7, 11) is 0. The number of aromatic nitrogens is 4. The summed E-state index contributed by atoms with van der Waals surface area (Å²) >= 11 is 2.81. The second kappa shape index (κ2) is 8.81. The van der Waals surface area contributed by atoms with Crippen LogP contribution in [-0.4, -0.2) is 31.9 Å². The number of carbonyl (C=O) groups is 1. The lowest BCUT2D eigenvalue weighted by molar-refractivity contribution is -0.113. The van der Waals surface area contributed by atoms with Crippen LogP contribution in [0.15, 0.2) is 35.5 Å². The van der Waals surface area contributed by atoms with Crippen LogP contribution >= 0.6 is 23.1 Å². The highest BCUT2D eigenvalue weighted by Gasteiger charge is 2.32. The first-order valence-electron chi connectivity index (χ1n) is 10.2. The Morgan fingerprint density at radius 1 is 1.35 bits per heavy atom. The molecule has 0 radical (unpaired) electrons. The molecule has 1 aromatic carbocycles. The first-order chi connectivity index (χ1) is 14.9. The number of rotatable bonds is 5. The van der Waals surface area contributed by atoms with Gasteiger partial charge in [-0.05, 0) is 58.7 Å². The molecule has 1 N–H and O–H groups in total. The number of hydrogen-bond acceptors (Lipinski definition) is 7. The summed E-state index contributed by atoms with van der Waals surface area (Å²) in [4.78, 5) is 13.9. The summed E-state index contributed by atoms with van der Waals surface area (Å²) in [5, 5.41) is 25.6. The zero-order chi connectivity index (χ0) is 22.0. The summed E-state index contributed by atoms with van der Waals surface area (Å²) in [5.41, 5.74) is 2.81. The normalized spacial score (nSPS) is 15.9. The third-order valence-electron chi connectivity index (χ3n) is 5.63. The van der Waals surface area contributed by atoms with Crippen molar-refractivity contribution in [3.63, 3.8) is 0 Å². The molecule has 0 fully saturated rings. The maximum Gasteiger partial charge on any atom is 0.235 e. The van der Waals surface area contributed by atoms with Crippen LogP contribution in [0.5, 0.6) is 0 Å². The van der Waals surface area contributed by atoms with E-state index in [-0.39, 0.29) is 17.1 Å². The standard InChI is InChI=1S/C22H24N6OS2/c1-22(2,3)14-9-10-16-17(12-23)20(31-18(16)11-14)24-19(29)13-30-21-25-26-27-28(21)15-7-5-4-6-8-15/h4-8,14H,9-11,13H2,1-3H3,(H,24,29)/t14-/m0/s1. The number of para-hydroxylation sites is 1. The van der Waals surface area contributed by atoms with Crippen LogP contribution in [0.4, 0.5) is 5.00 Å². The highest BCUT2D eigenvalue weighted by atomic mass is 32.2. The number of fused-ring (bicyclic) bond motifs is 1. The van der Waals surface area contributed by atoms with Crippen LogP contribution < -0.4 is 5.32 Å². The van der Waals surface area contributed by atoms with Gasteiger partial charge in [-0.15, -0.1) is 16.4 Å². The van der Waals surface area contributed by atoms with Gasteiger partial charge in [0.15, 0.2) is 0 Å². The number of hydrogen-bond donors (Lipinski definition) is 1. The number of amides is 1. The fourth-order valence-electron chi connectivity index (χ4n) is 3.82. The van der Waals surface area contributed by atoms with E-state index in [0.29, 0.717) is 21.6 Å². The van der Waals surface area contributed by atoms with Gasteiger partial charge in [-0.2, -0.15) is 9.94 Å². The highest BCUT2D eigenvalue weighted by Crippen LogP contribution is 2.44. The van der Waals surface area contributed by atoms with Gasteiger partial charge in [0.25, 0.3) is 0 Å². The van der Waals surface area contributed by atoms with Gasteiger partial charge >= 0.3 is 0 Å². The second-order valence-electron chi connectivity index (χ2n) is 8.67. The summed E-state index contributed by atoms with van der Waals surface area (Å²) in [6, 6.07) is 11.9. The van der Waals surface area contributed by atoms with Crippen molar-refractivity contribution in [2.24, 2.45) is 11.3 Å². The second-order valence-corrected chi connectivity index (χ2v) is 10.7. The van der Waals surface area contributed by atoms with E-state index in [9.17, 15) is 10.1 Å². The Labute approximate surface area is 189 Å². The van der Waals surface area contributed by atoms with Crippen molar-refractivity contribution < 1.29 is 4.79 Å². The van der Waals surface area contributed by atoms with Gasteiger partial charge in [-0.25, -0.2) is 0 Å². The Hall–Kier alpha value is -2.70. The van der Waals surface area contributed by atoms with Crippen molar-refractivity contribution in [2.75, 3.05) is 11.1 Å². The molecule has 4 rings (SSSR count). The molecular formula is C22H24N6OS2. The van der Waals surface area contributed by atoms with E-state index < -0.39 is 0 Å². The molecule has 0 unspecified atom stereocenters. The van der Waals surface area contributed by atoms with Crippen LogP contribution in [0.2, 0.25) is 0 Å². The minimum absolute atomic E-state index is 0.158. The molecule has 160 valence electrons. The fourth-order valence-corrected chi connectivity index (χ4v) is 5.81. The molecule has 0 saturated carbocycles. The van der Waals surface area contributed by atoms with Crippen molar-refractivity contribution in [1.29, 1.82) is 5.26 Å². The molecular weight excluding hydrogens is 428 g/mol. The van der Waals surface area contributed by atoms with Gasteiger partial charge in [0, 0.05) is 4.88 Å². The quantitative estimate of drug-likeness (QED) is 0.574. The molecule has 1 aliphatic carbocycles. The van der Waals surface area contributed by atoms with Crippen molar-refractivity contribution in [1.82, 2.24) is 20.2 Å². The van der Waals surface area contributed by atoms with Crippen molar-refractivity contribution in [3.8, 4) is 11.8 Å². The molecule has 31 heavy (non-hydrogen) atoms. The largest absolute Gasteiger partial charge is 0.316 e. The average molecular weight is 453 g/mol. The van der Waals surface area contributed by atoms with Gasteiger partial charge in [-0.3, -0.25) is 4.79 Å². The Balaban J connectivity index is 1.44. The minimum atomic E-state index is -0.171. The number of tetrazole rings is 1. The van der Waals surface area contributed by atoms with Gasteiger partial charge in [0.1, 0.15) is 11.1 Å². The van der Waals surface area contributed by atoms with E-state index in [2.05, 4.69) is 47.7 Å². The van der Waals surface area contributed by atoms with Gasteiger partial charge in [-0.1, -0.05) is 50.7 Å². The Bertz CT molecular complexity index is 1120. The van der Waals surface area contributed by atoms with Gasteiger partial charge in [0.2, 0.25) is 11.1 Å². The number of anilines is 1. The summed E-state index contributed by atoms with van der Waals surface area (Å²) in [6.45, 7) is 6.80. The molecule has 9 heteroatoms. The summed E-state index contributed by atoms with van der Waals surface area (Å²) < 4.78 is 1.61. The monoisotopic (exact) mass is 452 g/mol. The molecule has 1 aliphatic rings. The van der Waals surface area contributed by atoms with Gasteiger partial charge < -0.3 is 5.32 Å². The van der Waals surface area contributed by atoms with E-state index in [0.717, 1.165) is 30.5 Å².